The first kappa shape index (κ1) is 16.2. The summed E-state index contributed by atoms with van der Waals surface area (Å²) in [5.41, 5.74) is 3.15. The van der Waals surface area contributed by atoms with Crippen LogP contribution >= 0.6 is 11.6 Å². The van der Waals surface area contributed by atoms with Gasteiger partial charge < -0.3 is 9.26 Å². The zero-order valence-electron chi connectivity index (χ0n) is 14.3. The number of rotatable bonds is 5. The van der Waals surface area contributed by atoms with Gasteiger partial charge in [0.1, 0.15) is 5.75 Å². The lowest BCUT2D eigenvalue weighted by Gasteiger charge is -2.12. The molecule has 1 fully saturated rings. The second-order valence-corrected chi connectivity index (χ2v) is 7.39. The Hall–Kier alpha value is -2.33. The minimum Gasteiger partial charge on any atom is -0.491 e. The fourth-order valence-electron chi connectivity index (χ4n) is 2.63. The van der Waals surface area contributed by atoms with Crippen molar-refractivity contribution in [2.45, 2.75) is 26.7 Å². The maximum atomic E-state index is 6.37. The van der Waals surface area contributed by atoms with Crippen LogP contribution in [0.1, 0.15) is 25.3 Å². The molecule has 1 aliphatic rings. The molecule has 0 atom stereocenters. The molecule has 0 amide bonds. The molecule has 0 bridgehead atoms. The van der Waals surface area contributed by atoms with Crippen LogP contribution in [0, 0.1) is 12.3 Å². The molecule has 4 rings (SSSR count). The lowest BCUT2D eigenvalue weighted by molar-refractivity contribution is 0.247. The Labute approximate surface area is 151 Å². The summed E-state index contributed by atoms with van der Waals surface area (Å²) in [4.78, 5) is 4.50. The Morgan fingerprint density at radius 1 is 1.20 bits per heavy atom. The predicted molar refractivity (Wildman–Crippen MR) is 97.8 cm³/mol. The summed E-state index contributed by atoms with van der Waals surface area (Å²) in [6.07, 6.45) is 2.43. The maximum Gasteiger partial charge on any atom is 0.258 e. The van der Waals surface area contributed by atoms with E-state index in [-0.39, 0.29) is 0 Å². The van der Waals surface area contributed by atoms with Crippen molar-refractivity contribution in [3.8, 4) is 28.6 Å². The molecule has 1 aromatic heterocycles. The summed E-state index contributed by atoms with van der Waals surface area (Å²) in [5, 5.41) is 4.64. The number of hydrogen-bond donors (Lipinski definition) is 0. The van der Waals surface area contributed by atoms with E-state index in [2.05, 4.69) is 17.1 Å². The van der Waals surface area contributed by atoms with Crippen LogP contribution in [0.15, 0.2) is 47.0 Å². The molecule has 0 saturated heterocycles. The molecule has 3 aromatic rings. The van der Waals surface area contributed by atoms with Crippen molar-refractivity contribution in [2.75, 3.05) is 6.61 Å². The largest absolute Gasteiger partial charge is 0.491 e. The number of benzene rings is 2. The van der Waals surface area contributed by atoms with Crippen molar-refractivity contribution in [1.29, 1.82) is 0 Å². The molecular formula is C20H19ClN2O2. The quantitative estimate of drug-likeness (QED) is 0.603. The molecule has 1 saturated carbocycles. The SMILES string of the molecule is Cc1ccccc1-c1nc(-c2ccc(OCC3(C)CC3)c(Cl)c2)no1. The molecule has 4 nitrogen and oxygen atoms in total. The minimum absolute atomic E-state index is 0.318. The van der Waals surface area contributed by atoms with E-state index in [4.69, 9.17) is 20.9 Å². The fraction of sp³-hybridized carbons (Fsp3) is 0.300. The molecule has 0 aliphatic heterocycles. The van der Waals surface area contributed by atoms with Crippen molar-refractivity contribution < 1.29 is 9.26 Å². The summed E-state index contributed by atoms with van der Waals surface area (Å²) in [5.74, 6) is 1.72. The normalized spacial score (nSPS) is 15.2. The highest BCUT2D eigenvalue weighted by Crippen LogP contribution is 2.45. The lowest BCUT2D eigenvalue weighted by Crippen LogP contribution is -2.08. The van der Waals surface area contributed by atoms with Crippen LogP contribution in [-0.2, 0) is 0 Å². The molecule has 25 heavy (non-hydrogen) atoms. The molecule has 0 radical (unpaired) electrons. The Morgan fingerprint density at radius 3 is 2.72 bits per heavy atom. The van der Waals surface area contributed by atoms with E-state index in [0.29, 0.717) is 34.5 Å². The third kappa shape index (κ3) is 3.40. The minimum atomic E-state index is 0.318. The second-order valence-electron chi connectivity index (χ2n) is 6.98. The first-order valence-corrected chi connectivity index (χ1v) is 8.74. The average molecular weight is 355 g/mol. The Morgan fingerprint density at radius 2 is 2.00 bits per heavy atom. The molecule has 128 valence electrons. The van der Waals surface area contributed by atoms with E-state index in [0.717, 1.165) is 16.7 Å². The first-order valence-electron chi connectivity index (χ1n) is 8.37. The molecule has 2 aromatic carbocycles. The van der Waals surface area contributed by atoms with Gasteiger partial charge in [0, 0.05) is 16.5 Å². The molecule has 0 N–H and O–H groups in total. The lowest BCUT2D eigenvalue weighted by atomic mass is 10.1. The van der Waals surface area contributed by atoms with E-state index < -0.39 is 0 Å². The molecule has 1 heterocycles. The number of aryl methyl sites for hydroxylation is 1. The van der Waals surface area contributed by atoms with Gasteiger partial charge in [-0.25, -0.2) is 0 Å². The summed E-state index contributed by atoms with van der Waals surface area (Å²) in [6, 6.07) is 13.5. The highest BCUT2D eigenvalue weighted by molar-refractivity contribution is 6.32. The molecule has 1 aliphatic carbocycles. The molecular weight excluding hydrogens is 336 g/mol. The highest BCUT2D eigenvalue weighted by atomic mass is 35.5. The van der Waals surface area contributed by atoms with Crippen LogP contribution in [0.25, 0.3) is 22.8 Å². The van der Waals surface area contributed by atoms with Gasteiger partial charge in [-0.3, -0.25) is 0 Å². The van der Waals surface area contributed by atoms with Crippen LogP contribution in [0.2, 0.25) is 5.02 Å². The summed E-state index contributed by atoms with van der Waals surface area (Å²) >= 11 is 6.37. The zero-order valence-corrected chi connectivity index (χ0v) is 15.0. The van der Waals surface area contributed by atoms with Crippen LogP contribution < -0.4 is 4.74 Å². The van der Waals surface area contributed by atoms with Crippen molar-refractivity contribution in [2.24, 2.45) is 5.41 Å². The number of aromatic nitrogens is 2. The second kappa shape index (κ2) is 6.19. The summed E-state index contributed by atoms with van der Waals surface area (Å²) in [7, 11) is 0. The summed E-state index contributed by atoms with van der Waals surface area (Å²) < 4.78 is 11.3. The number of ether oxygens (including phenoxy) is 1. The molecule has 0 spiro atoms. The average Bonchev–Trinajstić information content (AvgIpc) is 3.15. The van der Waals surface area contributed by atoms with Gasteiger partial charge in [0.25, 0.3) is 5.89 Å². The molecule has 0 unspecified atom stereocenters. The van der Waals surface area contributed by atoms with Gasteiger partial charge in [-0.2, -0.15) is 4.98 Å². The van der Waals surface area contributed by atoms with E-state index in [1.165, 1.54) is 12.8 Å². The third-order valence-corrected chi connectivity index (χ3v) is 4.97. The van der Waals surface area contributed by atoms with Crippen LogP contribution in [-0.4, -0.2) is 16.7 Å². The van der Waals surface area contributed by atoms with Gasteiger partial charge in [0.15, 0.2) is 0 Å². The van der Waals surface area contributed by atoms with Crippen molar-refractivity contribution in [1.82, 2.24) is 10.1 Å². The predicted octanol–water partition coefficient (Wildman–Crippen LogP) is 5.54. The first-order chi connectivity index (χ1) is 12.0. The smallest absolute Gasteiger partial charge is 0.258 e. The Kier molecular flexibility index (Phi) is 4.00. The monoisotopic (exact) mass is 354 g/mol. The van der Waals surface area contributed by atoms with Gasteiger partial charge in [0.2, 0.25) is 5.82 Å². The topological polar surface area (TPSA) is 48.2 Å². The Bertz CT molecular complexity index is 916. The Balaban J connectivity index is 1.56. The fourth-order valence-corrected chi connectivity index (χ4v) is 2.86. The maximum absolute atomic E-state index is 6.37. The van der Waals surface area contributed by atoms with Gasteiger partial charge in [-0.1, -0.05) is 41.9 Å². The zero-order chi connectivity index (χ0) is 17.4. The van der Waals surface area contributed by atoms with Gasteiger partial charge in [0.05, 0.1) is 11.6 Å². The van der Waals surface area contributed by atoms with Crippen LogP contribution in [0.4, 0.5) is 0 Å². The van der Waals surface area contributed by atoms with E-state index in [1.807, 2.05) is 49.4 Å². The number of nitrogens with zero attached hydrogens (tertiary/aromatic N) is 2. The third-order valence-electron chi connectivity index (χ3n) is 4.67. The van der Waals surface area contributed by atoms with E-state index in [9.17, 15) is 0 Å². The van der Waals surface area contributed by atoms with Crippen LogP contribution in [0.5, 0.6) is 5.75 Å². The van der Waals surface area contributed by atoms with Crippen LogP contribution in [0.3, 0.4) is 0 Å². The van der Waals surface area contributed by atoms with E-state index >= 15 is 0 Å². The van der Waals surface area contributed by atoms with Gasteiger partial charge >= 0.3 is 0 Å². The number of hydrogen-bond acceptors (Lipinski definition) is 4. The standard InChI is InChI=1S/C20H19ClN2O2/c1-13-5-3-4-6-15(13)19-22-18(23-25-19)14-7-8-17(16(21)11-14)24-12-20(2)9-10-20/h3-8,11H,9-10,12H2,1-2H3. The van der Waals surface area contributed by atoms with Crippen molar-refractivity contribution >= 4 is 11.6 Å². The van der Waals surface area contributed by atoms with Crippen molar-refractivity contribution in [3.63, 3.8) is 0 Å². The van der Waals surface area contributed by atoms with E-state index in [1.54, 1.807) is 0 Å². The number of halogens is 1. The molecule has 5 heteroatoms. The highest BCUT2D eigenvalue weighted by Gasteiger charge is 2.38. The van der Waals surface area contributed by atoms with Gasteiger partial charge in [-0.05, 0) is 49.6 Å². The van der Waals surface area contributed by atoms with Gasteiger partial charge in [-0.15, -0.1) is 0 Å². The van der Waals surface area contributed by atoms with Crippen molar-refractivity contribution in [3.05, 3.63) is 53.1 Å². The summed E-state index contributed by atoms with van der Waals surface area (Å²) in [6.45, 7) is 4.94.